The van der Waals surface area contributed by atoms with E-state index >= 15 is 0 Å². The normalized spacial score (nSPS) is 10.8. The molecule has 3 nitrogen and oxygen atoms in total. The van der Waals surface area contributed by atoms with Gasteiger partial charge in [0.05, 0.1) is 5.69 Å². The molecule has 1 heterocycles. The molecule has 1 aromatic heterocycles. The second kappa shape index (κ2) is 5.15. The number of benzene rings is 1. The maximum absolute atomic E-state index is 4.53. The molecule has 2 rings (SSSR count). The van der Waals surface area contributed by atoms with Gasteiger partial charge in [0.1, 0.15) is 0 Å². The lowest BCUT2D eigenvalue weighted by atomic mass is 10.0. The van der Waals surface area contributed by atoms with E-state index in [0.717, 1.165) is 18.7 Å². The van der Waals surface area contributed by atoms with Crippen LogP contribution >= 0.6 is 0 Å². The largest absolute Gasteiger partial charge is 0.319 e. The van der Waals surface area contributed by atoms with E-state index in [4.69, 9.17) is 0 Å². The SMILES string of the molecule is CNCCc1c(-c2ccccc2)c(C)nn1C. The summed E-state index contributed by atoms with van der Waals surface area (Å²) in [6.07, 6.45) is 0.998. The zero-order valence-electron chi connectivity index (χ0n) is 10.7. The first-order valence-corrected chi connectivity index (χ1v) is 5.96. The zero-order valence-corrected chi connectivity index (χ0v) is 10.7. The highest BCUT2D eigenvalue weighted by molar-refractivity contribution is 5.68. The minimum Gasteiger partial charge on any atom is -0.319 e. The Bertz CT molecular complexity index is 486. The van der Waals surface area contributed by atoms with Gasteiger partial charge in [0.25, 0.3) is 0 Å². The van der Waals surface area contributed by atoms with Crippen molar-refractivity contribution in [3.63, 3.8) is 0 Å². The maximum atomic E-state index is 4.53. The van der Waals surface area contributed by atoms with Crippen LogP contribution in [-0.4, -0.2) is 23.4 Å². The summed E-state index contributed by atoms with van der Waals surface area (Å²) in [7, 11) is 4.00. The Labute approximate surface area is 102 Å². The number of nitrogens with one attached hydrogen (secondary N) is 1. The molecule has 17 heavy (non-hydrogen) atoms. The third-order valence-corrected chi connectivity index (χ3v) is 3.02. The molecule has 0 aliphatic carbocycles. The van der Waals surface area contributed by atoms with Gasteiger partial charge in [-0.1, -0.05) is 30.3 Å². The van der Waals surface area contributed by atoms with Crippen molar-refractivity contribution < 1.29 is 0 Å². The summed E-state index contributed by atoms with van der Waals surface area (Å²) < 4.78 is 2.00. The third-order valence-electron chi connectivity index (χ3n) is 3.02. The van der Waals surface area contributed by atoms with Gasteiger partial charge in [0.15, 0.2) is 0 Å². The predicted octanol–water partition coefficient (Wildman–Crippen LogP) is 2.16. The van der Waals surface area contributed by atoms with Crippen LogP contribution in [0, 0.1) is 6.92 Å². The van der Waals surface area contributed by atoms with Gasteiger partial charge >= 0.3 is 0 Å². The Kier molecular flexibility index (Phi) is 3.59. The van der Waals surface area contributed by atoms with Gasteiger partial charge in [-0.2, -0.15) is 5.10 Å². The molecule has 0 unspecified atom stereocenters. The van der Waals surface area contributed by atoms with Gasteiger partial charge in [-0.3, -0.25) is 4.68 Å². The lowest BCUT2D eigenvalue weighted by molar-refractivity contribution is 0.678. The molecule has 0 atom stereocenters. The highest BCUT2D eigenvalue weighted by Crippen LogP contribution is 2.26. The number of hydrogen-bond acceptors (Lipinski definition) is 2. The number of rotatable bonds is 4. The molecular weight excluding hydrogens is 210 g/mol. The van der Waals surface area contributed by atoms with Crippen molar-refractivity contribution in [2.24, 2.45) is 7.05 Å². The Morgan fingerprint density at radius 3 is 2.59 bits per heavy atom. The van der Waals surface area contributed by atoms with Gasteiger partial charge in [-0.15, -0.1) is 0 Å². The van der Waals surface area contributed by atoms with E-state index in [9.17, 15) is 0 Å². The van der Waals surface area contributed by atoms with Crippen LogP contribution in [0.4, 0.5) is 0 Å². The summed E-state index contributed by atoms with van der Waals surface area (Å²) in [6.45, 7) is 3.05. The molecule has 0 aliphatic heterocycles. The molecule has 0 spiro atoms. The fourth-order valence-electron chi connectivity index (χ4n) is 2.22. The van der Waals surface area contributed by atoms with Crippen molar-refractivity contribution in [2.45, 2.75) is 13.3 Å². The van der Waals surface area contributed by atoms with E-state index < -0.39 is 0 Å². The topological polar surface area (TPSA) is 29.9 Å². The molecule has 0 radical (unpaired) electrons. The third kappa shape index (κ3) is 2.39. The number of aromatic nitrogens is 2. The first-order chi connectivity index (χ1) is 8.24. The van der Waals surface area contributed by atoms with E-state index in [1.807, 2.05) is 24.8 Å². The van der Waals surface area contributed by atoms with Crippen LogP contribution in [0.15, 0.2) is 30.3 Å². The molecule has 90 valence electrons. The molecule has 0 saturated carbocycles. The monoisotopic (exact) mass is 229 g/mol. The Hall–Kier alpha value is -1.61. The molecule has 2 aromatic rings. The molecule has 0 aliphatic rings. The van der Waals surface area contributed by atoms with E-state index in [2.05, 4.69) is 41.6 Å². The maximum Gasteiger partial charge on any atom is 0.0674 e. The van der Waals surface area contributed by atoms with Crippen molar-refractivity contribution in [2.75, 3.05) is 13.6 Å². The van der Waals surface area contributed by atoms with Gasteiger partial charge in [0.2, 0.25) is 0 Å². The van der Waals surface area contributed by atoms with Crippen molar-refractivity contribution in [3.05, 3.63) is 41.7 Å². The first-order valence-electron chi connectivity index (χ1n) is 5.96. The van der Waals surface area contributed by atoms with Crippen molar-refractivity contribution in [3.8, 4) is 11.1 Å². The van der Waals surface area contributed by atoms with Gasteiger partial charge in [-0.25, -0.2) is 0 Å². The highest BCUT2D eigenvalue weighted by atomic mass is 15.3. The van der Waals surface area contributed by atoms with Crippen LogP contribution in [0.5, 0.6) is 0 Å². The van der Waals surface area contributed by atoms with Crippen molar-refractivity contribution in [1.82, 2.24) is 15.1 Å². The minimum atomic E-state index is 0.971. The standard InChI is InChI=1S/C14H19N3/c1-11-14(12-7-5-4-6-8-12)13(9-10-15-2)17(3)16-11/h4-8,15H,9-10H2,1-3H3. The summed E-state index contributed by atoms with van der Waals surface area (Å²) in [6, 6.07) is 10.5. The van der Waals surface area contributed by atoms with Crippen molar-refractivity contribution >= 4 is 0 Å². The van der Waals surface area contributed by atoms with Crippen LogP contribution in [0.1, 0.15) is 11.4 Å². The fourth-order valence-corrected chi connectivity index (χ4v) is 2.22. The van der Waals surface area contributed by atoms with Crippen molar-refractivity contribution in [1.29, 1.82) is 0 Å². The van der Waals surface area contributed by atoms with E-state index in [0.29, 0.717) is 0 Å². The number of nitrogens with zero attached hydrogens (tertiary/aromatic N) is 2. The van der Waals surface area contributed by atoms with Crippen LogP contribution < -0.4 is 5.32 Å². The summed E-state index contributed by atoms with van der Waals surface area (Å²) >= 11 is 0. The van der Waals surface area contributed by atoms with E-state index in [-0.39, 0.29) is 0 Å². The minimum absolute atomic E-state index is 0.971. The van der Waals surface area contributed by atoms with Gasteiger partial charge < -0.3 is 5.32 Å². The second-order valence-electron chi connectivity index (χ2n) is 4.25. The molecule has 3 heteroatoms. The summed E-state index contributed by atoms with van der Waals surface area (Å²) in [5.41, 5.74) is 4.93. The molecule has 0 saturated heterocycles. The van der Waals surface area contributed by atoms with Crippen LogP contribution in [0.25, 0.3) is 11.1 Å². The Balaban J connectivity index is 2.45. The summed E-state index contributed by atoms with van der Waals surface area (Å²) in [5, 5.41) is 7.72. The molecule has 0 amide bonds. The number of likely N-dealkylation sites (N-methyl/N-ethyl adjacent to an activating group) is 1. The number of hydrogen-bond donors (Lipinski definition) is 1. The van der Waals surface area contributed by atoms with Crippen LogP contribution in [-0.2, 0) is 13.5 Å². The first kappa shape index (κ1) is 11.9. The number of aryl methyl sites for hydroxylation is 2. The lowest BCUT2D eigenvalue weighted by Gasteiger charge is -2.06. The average molecular weight is 229 g/mol. The average Bonchev–Trinajstić information content (AvgIpc) is 2.62. The smallest absolute Gasteiger partial charge is 0.0674 e. The van der Waals surface area contributed by atoms with Crippen LogP contribution in [0.2, 0.25) is 0 Å². The highest BCUT2D eigenvalue weighted by Gasteiger charge is 2.13. The molecular formula is C14H19N3. The molecule has 0 bridgehead atoms. The van der Waals surface area contributed by atoms with Crippen LogP contribution in [0.3, 0.4) is 0 Å². The molecule has 1 aromatic carbocycles. The van der Waals surface area contributed by atoms with E-state index in [1.165, 1.54) is 16.8 Å². The Morgan fingerprint density at radius 1 is 1.24 bits per heavy atom. The summed E-state index contributed by atoms with van der Waals surface area (Å²) in [5.74, 6) is 0. The fraction of sp³-hybridized carbons (Fsp3) is 0.357. The summed E-state index contributed by atoms with van der Waals surface area (Å²) in [4.78, 5) is 0. The van der Waals surface area contributed by atoms with Gasteiger partial charge in [0, 0.05) is 31.3 Å². The molecule has 0 fully saturated rings. The lowest BCUT2D eigenvalue weighted by Crippen LogP contribution is -2.13. The predicted molar refractivity (Wildman–Crippen MR) is 71.0 cm³/mol. The Morgan fingerprint density at radius 2 is 1.94 bits per heavy atom. The van der Waals surface area contributed by atoms with E-state index in [1.54, 1.807) is 0 Å². The quantitative estimate of drug-likeness (QED) is 0.870. The van der Waals surface area contributed by atoms with Gasteiger partial charge in [-0.05, 0) is 19.5 Å². The second-order valence-corrected chi connectivity index (χ2v) is 4.25. The molecule has 1 N–H and O–H groups in total. The zero-order chi connectivity index (χ0) is 12.3.